The Morgan fingerprint density at radius 1 is 1.05 bits per heavy atom. The standard InChI is InChI=1S/C16H13FO2/c17-16-6-2-1-5-14(16)12-19-15-9-7-13(8-10-15)4-3-11-18/h1-2,5-10,18H,11-12H2. The third-order valence-corrected chi connectivity index (χ3v) is 2.52. The molecule has 2 rings (SSSR count). The first-order valence-corrected chi connectivity index (χ1v) is 5.85. The maximum Gasteiger partial charge on any atom is 0.129 e. The Bertz CT molecular complexity index is 594. The van der Waals surface area contributed by atoms with Gasteiger partial charge in [0.15, 0.2) is 0 Å². The lowest BCUT2D eigenvalue weighted by Gasteiger charge is -2.06. The maximum atomic E-state index is 13.4. The number of hydrogen-bond donors (Lipinski definition) is 1. The van der Waals surface area contributed by atoms with E-state index in [2.05, 4.69) is 11.8 Å². The molecule has 0 heterocycles. The summed E-state index contributed by atoms with van der Waals surface area (Å²) < 4.78 is 18.9. The largest absolute Gasteiger partial charge is 0.489 e. The first kappa shape index (κ1) is 13.1. The van der Waals surface area contributed by atoms with Gasteiger partial charge in [-0.25, -0.2) is 4.39 Å². The Balaban J connectivity index is 1.99. The number of aliphatic hydroxyl groups excluding tert-OH is 1. The molecule has 2 aromatic carbocycles. The molecule has 0 saturated heterocycles. The number of benzene rings is 2. The van der Waals surface area contributed by atoms with Gasteiger partial charge in [-0.3, -0.25) is 0 Å². The zero-order chi connectivity index (χ0) is 13.5. The van der Waals surface area contributed by atoms with Crippen LogP contribution in [0.2, 0.25) is 0 Å². The molecule has 0 fully saturated rings. The molecule has 0 aliphatic carbocycles. The lowest BCUT2D eigenvalue weighted by atomic mass is 10.2. The number of ether oxygens (including phenoxy) is 1. The van der Waals surface area contributed by atoms with Crippen LogP contribution in [-0.4, -0.2) is 11.7 Å². The van der Waals surface area contributed by atoms with Crippen molar-refractivity contribution < 1.29 is 14.2 Å². The van der Waals surface area contributed by atoms with Gasteiger partial charge >= 0.3 is 0 Å². The van der Waals surface area contributed by atoms with Gasteiger partial charge in [0.1, 0.15) is 24.8 Å². The van der Waals surface area contributed by atoms with E-state index in [1.165, 1.54) is 6.07 Å². The van der Waals surface area contributed by atoms with Crippen LogP contribution in [-0.2, 0) is 6.61 Å². The van der Waals surface area contributed by atoms with Crippen LogP contribution in [0.1, 0.15) is 11.1 Å². The van der Waals surface area contributed by atoms with Crippen molar-refractivity contribution in [2.24, 2.45) is 0 Å². The molecule has 0 aliphatic heterocycles. The van der Waals surface area contributed by atoms with Gasteiger partial charge in [-0.2, -0.15) is 0 Å². The summed E-state index contributed by atoms with van der Waals surface area (Å²) in [6, 6.07) is 13.6. The normalized spacial score (nSPS) is 9.58. The van der Waals surface area contributed by atoms with Crippen molar-refractivity contribution in [3.8, 4) is 17.6 Å². The van der Waals surface area contributed by atoms with E-state index in [-0.39, 0.29) is 19.0 Å². The lowest BCUT2D eigenvalue weighted by Crippen LogP contribution is -1.98. The van der Waals surface area contributed by atoms with Crippen molar-refractivity contribution in [3.63, 3.8) is 0 Å². The Morgan fingerprint density at radius 2 is 1.79 bits per heavy atom. The fourth-order valence-electron chi connectivity index (χ4n) is 1.55. The zero-order valence-electron chi connectivity index (χ0n) is 10.3. The van der Waals surface area contributed by atoms with E-state index in [4.69, 9.17) is 9.84 Å². The third kappa shape index (κ3) is 3.84. The van der Waals surface area contributed by atoms with Gasteiger partial charge in [-0.15, -0.1) is 0 Å². The molecule has 0 atom stereocenters. The minimum Gasteiger partial charge on any atom is -0.489 e. The average Bonchev–Trinajstić information content (AvgIpc) is 2.45. The second kappa shape index (κ2) is 6.58. The lowest BCUT2D eigenvalue weighted by molar-refractivity contribution is 0.300. The van der Waals surface area contributed by atoms with Gasteiger partial charge in [0.05, 0.1) is 0 Å². The molecule has 0 saturated carbocycles. The Labute approximate surface area is 111 Å². The minimum absolute atomic E-state index is 0.161. The van der Waals surface area contributed by atoms with Crippen molar-refractivity contribution in [1.29, 1.82) is 0 Å². The molecular formula is C16H13FO2. The first-order chi connectivity index (χ1) is 9.29. The molecule has 0 bridgehead atoms. The van der Waals surface area contributed by atoms with Crippen LogP contribution < -0.4 is 4.74 Å². The van der Waals surface area contributed by atoms with E-state index in [0.29, 0.717) is 11.3 Å². The molecular weight excluding hydrogens is 243 g/mol. The molecule has 0 radical (unpaired) electrons. The van der Waals surface area contributed by atoms with E-state index < -0.39 is 0 Å². The molecule has 0 aliphatic rings. The molecule has 0 aromatic heterocycles. The maximum absolute atomic E-state index is 13.4. The average molecular weight is 256 g/mol. The highest BCUT2D eigenvalue weighted by atomic mass is 19.1. The summed E-state index contributed by atoms with van der Waals surface area (Å²) in [7, 11) is 0. The minimum atomic E-state index is -0.270. The summed E-state index contributed by atoms with van der Waals surface area (Å²) in [5.41, 5.74) is 1.32. The predicted molar refractivity (Wildman–Crippen MR) is 71.1 cm³/mol. The van der Waals surface area contributed by atoms with Crippen LogP contribution in [0.4, 0.5) is 4.39 Å². The smallest absolute Gasteiger partial charge is 0.129 e. The van der Waals surface area contributed by atoms with Crippen LogP contribution in [0.3, 0.4) is 0 Å². The quantitative estimate of drug-likeness (QED) is 0.856. The van der Waals surface area contributed by atoms with Crippen molar-refractivity contribution in [2.75, 3.05) is 6.61 Å². The van der Waals surface area contributed by atoms with Gasteiger partial charge in [0.25, 0.3) is 0 Å². The second-order valence-electron chi connectivity index (χ2n) is 3.86. The number of halogens is 1. The summed E-state index contributed by atoms with van der Waals surface area (Å²) in [6.07, 6.45) is 0. The molecule has 3 heteroatoms. The fourth-order valence-corrected chi connectivity index (χ4v) is 1.55. The van der Waals surface area contributed by atoms with Gasteiger partial charge < -0.3 is 9.84 Å². The number of rotatable bonds is 3. The van der Waals surface area contributed by atoms with Crippen LogP contribution in [0.25, 0.3) is 0 Å². The van der Waals surface area contributed by atoms with Crippen LogP contribution in [0.15, 0.2) is 48.5 Å². The fraction of sp³-hybridized carbons (Fsp3) is 0.125. The Kier molecular flexibility index (Phi) is 4.54. The summed E-state index contributed by atoms with van der Waals surface area (Å²) in [4.78, 5) is 0. The van der Waals surface area contributed by atoms with E-state index in [9.17, 15) is 4.39 Å². The van der Waals surface area contributed by atoms with Gasteiger partial charge in [0, 0.05) is 11.1 Å². The van der Waals surface area contributed by atoms with E-state index >= 15 is 0 Å². The molecule has 0 amide bonds. The van der Waals surface area contributed by atoms with Crippen LogP contribution in [0.5, 0.6) is 5.75 Å². The summed E-state index contributed by atoms with van der Waals surface area (Å²) >= 11 is 0. The highest BCUT2D eigenvalue weighted by Gasteiger charge is 2.01. The first-order valence-electron chi connectivity index (χ1n) is 5.85. The topological polar surface area (TPSA) is 29.5 Å². The highest BCUT2D eigenvalue weighted by Crippen LogP contribution is 2.15. The monoisotopic (exact) mass is 256 g/mol. The molecule has 1 N–H and O–H groups in total. The molecule has 2 aromatic rings. The molecule has 0 unspecified atom stereocenters. The van der Waals surface area contributed by atoms with Crippen molar-refractivity contribution in [1.82, 2.24) is 0 Å². The van der Waals surface area contributed by atoms with E-state index in [1.54, 1.807) is 42.5 Å². The third-order valence-electron chi connectivity index (χ3n) is 2.52. The number of hydrogen-bond acceptors (Lipinski definition) is 2. The second-order valence-corrected chi connectivity index (χ2v) is 3.86. The molecule has 96 valence electrons. The molecule has 19 heavy (non-hydrogen) atoms. The van der Waals surface area contributed by atoms with Gasteiger partial charge in [-0.1, -0.05) is 30.0 Å². The Hall–Kier alpha value is -2.31. The zero-order valence-corrected chi connectivity index (χ0v) is 10.3. The highest BCUT2D eigenvalue weighted by molar-refractivity contribution is 5.38. The summed E-state index contributed by atoms with van der Waals surface area (Å²) in [6.45, 7) is 0.0277. The molecule has 2 nitrogen and oxygen atoms in total. The predicted octanol–water partition coefficient (Wildman–Crippen LogP) is 2.75. The van der Waals surface area contributed by atoms with Gasteiger partial charge in [-0.05, 0) is 30.3 Å². The van der Waals surface area contributed by atoms with Gasteiger partial charge in [0.2, 0.25) is 0 Å². The summed E-state index contributed by atoms with van der Waals surface area (Å²) in [5.74, 6) is 5.73. The van der Waals surface area contributed by atoms with Crippen molar-refractivity contribution >= 4 is 0 Å². The van der Waals surface area contributed by atoms with Crippen molar-refractivity contribution in [2.45, 2.75) is 6.61 Å². The van der Waals surface area contributed by atoms with Crippen LogP contribution >= 0.6 is 0 Å². The summed E-state index contributed by atoms with van der Waals surface area (Å²) in [5, 5.41) is 8.58. The van der Waals surface area contributed by atoms with E-state index in [1.807, 2.05) is 0 Å². The van der Waals surface area contributed by atoms with E-state index in [0.717, 1.165) is 5.56 Å². The van der Waals surface area contributed by atoms with Crippen LogP contribution in [0, 0.1) is 17.7 Å². The van der Waals surface area contributed by atoms with Crippen molar-refractivity contribution in [3.05, 3.63) is 65.5 Å². The number of aliphatic hydroxyl groups is 1. The SMILES string of the molecule is OCC#Cc1ccc(OCc2ccccc2F)cc1. The molecule has 0 spiro atoms. The Morgan fingerprint density at radius 3 is 2.47 bits per heavy atom.